The lowest BCUT2D eigenvalue weighted by Crippen LogP contribution is -2.47. The zero-order valence-electron chi connectivity index (χ0n) is 19.7. The average molecular weight is 541 g/mol. The fourth-order valence-electron chi connectivity index (χ4n) is 4.26. The summed E-state index contributed by atoms with van der Waals surface area (Å²) in [6, 6.07) is 18.3. The molecule has 0 spiro atoms. The van der Waals surface area contributed by atoms with E-state index in [0.717, 1.165) is 22.3 Å². The van der Waals surface area contributed by atoms with Crippen LogP contribution in [-0.2, 0) is 13.1 Å². The third-order valence-corrected chi connectivity index (χ3v) is 6.96. The number of halogens is 1. The van der Waals surface area contributed by atoms with Crippen LogP contribution in [0.25, 0.3) is 10.3 Å². The molecule has 4 aromatic rings. The largest absolute Gasteiger partial charge is 0.324 e. The van der Waals surface area contributed by atoms with Gasteiger partial charge in [-0.1, -0.05) is 65.3 Å². The first kappa shape index (κ1) is 24.7. The lowest BCUT2D eigenvalue weighted by Gasteiger charge is -2.36. The second-order valence-electron chi connectivity index (χ2n) is 9.30. The number of hydrogen-bond donors (Lipinski definition) is 1. The van der Waals surface area contributed by atoms with Crippen molar-refractivity contribution in [2.75, 3.05) is 6.54 Å². The SMILES string of the molecule is CCC(c1nc2scnc2c(=O)n1Cc1ccccc1)N(Cc1ccc(Br)cc1)CC(C)(C)N. The number of rotatable bonds is 9. The maximum atomic E-state index is 13.6. The van der Waals surface area contributed by atoms with Crippen molar-refractivity contribution in [1.29, 1.82) is 0 Å². The van der Waals surface area contributed by atoms with Gasteiger partial charge in [0.05, 0.1) is 18.1 Å². The highest BCUT2D eigenvalue weighted by molar-refractivity contribution is 9.10. The van der Waals surface area contributed by atoms with Gasteiger partial charge in [0, 0.05) is 23.1 Å². The zero-order valence-corrected chi connectivity index (χ0v) is 22.1. The van der Waals surface area contributed by atoms with Gasteiger partial charge in [0.2, 0.25) is 0 Å². The van der Waals surface area contributed by atoms with Gasteiger partial charge < -0.3 is 5.73 Å². The molecule has 0 bridgehead atoms. The molecule has 1 unspecified atom stereocenters. The van der Waals surface area contributed by atoms with Crippen molar-refractivity contribution < 1.29 is 0 Å². The van der Waals surface area contributed by atoms with E-state index in [2.05, 4.69) is 57.0 Å². The Balaban J connectivity index is 1.82. The molecule has 0 amide bonds. The molecule has 0 aliphatic carbocycles. The van der Waals surface area contributed by atoms with Crippen LogP contribution in [0.15, 0.2) is 69.4 Å². The molecule has 1 atom stereocenters. The van der Waals surface area contributed by atoms with Crippen LogP contribution in [0.5, 0.6) is 0 Å². The van der Waals surface area contributed by atoms with Gasteiger partial charge in [0.1, 0.15) is 5.82 Å². The molecule has 6 nitrogen and oxygen atoms in total. The van der Waals surface area contributed by atoms with Gasteiger partial charge >= 0.3 is 0 Å². The van der Waals surface area contributed by atoms with Crippen molar-refractivity contribution in [2.45, 2.75) is 51.9 Å². The Morgan fingerprint density at radius 1 is 1.12 bits per heavy atom. The fraction of sp³-hybridized carbons (Fsp3) is 0.346. The van der Waals surface area contributed by atoms with E-state index >= 15 is 0 Å². The van der Waals surface area contributed by atoms with Crippen LogP contribution in [0.2, 0.25) is 0 Å². The van der Waals surface area contributed by atoms with Crippen molar-refractivity contribution >= 4 is 37.6 Å². The Labute approximate surface area is 212 Å². The van der Waals surface area contributed by atoms with E-state index in [-0.39, 0.29) is 11.6 Å². The minimum atomic E-state index is -0.415. The molecule has 8 heteroatoms. The minimum absolute atomic E-state index is 0.0885. The third-order valence-electron chi connectivity index (χ3n) is 5.71. The number of thiazole rings is 1. The first-order valence-corrected chi connectivity index (χ1v) is 13.1. The summed E-state index contributed by atoms with van der Waals surface area (Å²) in [5, 5.41) is 0. The monoisotopic (exact) mass is 539 g/mol. The molecule has 2 aromatic carbocycles. The van der Waals surface area contributed by atoms with Gasteiger partial charge in [0.15, 0.2) is 10.3 Å². The van der Waals surface area contributed by atoms with Crippen molar-refractivity contribution in [2.24, 2.45) is 5.73 Å². The van der Waals surface area contributed by atoms with Crippen LogP contribution >= 0.6 is 27.3 Å². The lowest BCUT2D eigenvalue weighted by molar-refractivity contribution is 0.141. The molecule has 0 aliphatic heterocycles. The lowest BCUT2D eigenvalue weighted by atomic mass is 10.0. The smallest absolute Gasteiger partial charge is 0.281 e. The van der Waals surface area contributed by atoms with E-state index in [9.17, 15) is 4.79 Å². The van der Waals surface area contributed by atoms with Gasteiger partial charge in [-0.25, -0.2) is 9.97 Å². The van der Waals surface area contributed by atoms with Crippen LogP contribution in [-0.4, -0.2) is 31.5 Å². The Morgan fingerprint density at radius 3 is 2.47 bits per heavy atom. The fourth-order valence-corrected chi connectivity index (χ4v) is 5.18. The first-order chi connectivity index (χ1) is 16.2. The van der Waals surface area contributed by atoms with Crippen molar-refractivity contribution in [3.63, 3.8) is 0 Å². The maximum absolute atomic E-state index is 13.6. The number of hydrogen-bond acceptors (Lipinski definition) is 6. The van der Waals surface area contributed by atoms with Crippen molar-refractivity contribution in [3.05, 3.63) is 91.9 Å². The summed E-state index contributed by atoms with van der Waals surface area (Å²) in [4.78, 5) is 25.9. The molecule has 0 fully saturated rings. The zero-order chi connectivity index (χ0) is 24.3. The number of nitrogens with zero attached hydrogens (tertiary/aromatic N) is 4. The Morgan fingerprint density at radius 2 is 1.82 bits per heavy atom. The standard InChI is InChI=1S/C26H30BrN5OS/c1-4-21(31(16-26(2,3)28)14-19-10-12-20(27)13-11-19)23-30-24-22(29-17-34-24)25(33)32(23)15-18-8-6-5-7-9-18/h5-13,17,21H,4,14-16,28H2,1-3H3. The van der Waals surface area contributed by atoms with Gasteiger partial charge in [-0.3, -0.25) is 14.3 Å². The van der Waals surface area contributed by atoms with Crippen LogP contribution in [0.4, 0.5) is 0 Å². The van der Waals surface area contributed by atoms with Crippen LogP contribution in [0, 0.1) is 0 Å². The average Bonchev–Trinajstić information content (AvgIpc) is 3.27. The van der Waals surface area contributed by atoms with Crippen LogP contribution in [0.1, 0.15) is 50.2 Å². The molecule has 0 radical (unpaired) electrons. The highest BCUT2D eigenvalue weighted by Crippen LogP contribution is 2.28. The maximum Gasteiger partial charge on any atom is 0.281 e. The molecule has 4 rings (SSSR count). The molecule has 2 aromatic heterocycles. The van der Waals surface area contributed by atoms with E-state index in [4.69, 9.17) is 10.7 Å². The number of fused-ring (bicyclic) bond motifs is 1. The van der Waals surface area contributed by atoms with Gasteiger partial charge in [-0.05, 0) is 43.5 Å². The van der Waals surface area contributed by atoms with E-state index < -0.39 is 5.54 Å². The van der Waals surface area contributed by atoms with E-state index in [1.54, 1.807) is 10.1 Å². The topological polar surface area (TPSA) is 77.0 Å². The van der Waals surface area contributed by atoms with E-state index in [1.165, 1.54) is 16.9 Å². The van der Waals surface area contributed by atoms with Gasteiger partial charge in [-0.15, -0.1) is 11.3 Å². The van der Waals surface area contributed by atoms with E-state index in [1.807, 2.05) is 44.2 Å². The van der Waals surface area contributed by atoms with E-state index in [0.29, 0.717) is 30.0 Å². The molecular weight excluding hydrogens is 510 g/mol. The summed E-state index contributed by atoms with van der Waals surface area (Å²) in [5.74, 6) is 0.759. The molecule has 2 N–H and O–H groups in total. The highest BCUT2D eigenvalue weighted by atomic mass is 79.9. The van der Waals surface area contributed by atoms with Crippen LogP contribution < -0.4 is 11.3 Å². The molecule has 0 saturated heterocycles. The number of benzene rings is 2. The normalized spacial score (nSPS) is 13.0. The Bertz CT molecular complexity index is 1300. The summed E-state index contributed by atoms with van der Waals surface area (Å²) in [6.07, 6.45) is 0.790. The summed E-state index contributed by atoms with van der Waals surface area (Å²) < 4.78 is 2.84. The molecule has 34 heavy (non-hydrogen) atoms. The summed E-state index contributed by atoms with van der Waals surface area (Å²) >= 11 is 4.93. The molecule has 178 valence electrons. The number of nitrogens with two attached hydrogens (primary N) is 1. The third kappa shape index (κ3) is 5.81. The quantitative estimate of drug-likeness (QED) is 0.310. The first-order valence-electron chi connectivity index (χ1n) is 11.4. The van der Waals surface area contributed by atoms with Gasteiger partial charge in [0.25, 0.3) is 5.56 Å². The Hall–Kier alpha value is -2.39. The van der Waals surface area contributed by atoms with Crippen molar-refractivity contribution in [3.8, 4) is 0 Å². The summed E-state index contributed by atoms with van der Waals surface area (Å²) in [7, 11) is 0. The predicted molar refractivity (Wildman–Crippen MR) is 143 cm³/mol. The highest BCUT2D eigenvalue weighted by Gasteiger charge is 2.29. The second kappa shape index (κ2) is 10.5. The predicted octanol–water partition coefficient (Wildman–Crippen LogP) is 5.35. The minimum Gasteiger partial charge on any atom is -0.324 e. The second-order valence-corrected chi connectivity index (χ2v) is 11.0. The summed E-state index contributed by atoms with van der Waals surface area (Å²) in [5.41, 5.74) is 10.3. The summed E-state index contributed by atoms with van der Waals surface area (Å²) in [6.45, 7) is 8.01. The molecular formula is C26H30BrN5OS. The van der Waals surface area contributed by atoms with Crippen LogP contribution in [0.3, 0.4) is 0 Å². The molecule has 2 heterocycles. The molecule has 0 saturated carbocycles. The van der Waals surface area contributed by atoms with Crippen molar-refractivity contribution in [1.82, 2.24) is 19.4 Å². The Kier molecular flexibility index (Phi) is 7.62. The number of aromatic nitrogens is 3. The molecule has 0 aliphatic rings. The van der Waals surface area contributed by atoms with Gasteiger partial charge in [-0.2, -0.15) is 0 Å².